The highest BCUT2D eigenvalue weighted by atomic mass is 127. The molecule has 1 aliphatic heterocycles. The van der Waals surface area contributed by atoms with Gasteiger partial charge in [-0.25, -0.2) is 4.98 Å². The number of hydrogen-bond acceptors (Lipinski definition) is 8. The minimum absolute atomic E-state index is 0.0235. The Morgan fingerprint density at radius 3 is 2.26 bits per heavy atom. The number of imidazole rings is 1. The molecule has 43 heavy (non-hydrogen) atoms. The molecule has 1 aliphatic rings. The topological polar surface area (TPSA) is 135 Å². The van der Waals surface area contributed by atoms with Gasteiger partial charge in [0.2, 0.25) is 5.95 Å². The molecule has 4 atom stereocenters. The molecule has 0 aliphatic carbocycles. The first-order chi connectivity index (χ1) is 20.8. The average Bonchev–Trinajstić information content (AvgIpc) is 3.59. The molecule has 3 aromatic carbocycles. The molecule has 6 rings (SSSR count). The van der Waals surface area contributed by atoms with E-state index in [0.717, 1.165) is 16.7 Å². The summed E-state index contributed by atoms with van der Waals surface area (Å²) in [5.41, 5.74) is -0.823. The number of alkyl halides is 1. The summed E-state index contributed by atoms with van der Waals surface area (Å²) in [4.78, 5) is 25.3. The van der Waals surface area contributed by atoms with Crippen molar-refractivity contribution in [1.82, 2.24) is 19.5 Å². The maximum absolute atomic E-state index is 13.4. The van der Waals surface area contributed by atoms with Gasteiger partial charge >= 0.3 is 0 Å². The zero-order chi connectivity index (χ0) is 30.2. The summed E-state index contributed by atoms with van der Waals surface area (Å²) >= 11 is 2.05. The maximum atomic E-state index is 13.4. The second-order valence-electron chi connectivity index (χ2n) is 10.2. The Kier molecular flexibility index (Phi) is 7.70. The molecule has 0 bridgehead atoms. The SMILES string of the molecule is C#C[C@@]1(O)[C@H](O)[C@@H](CI)O[C@H]1n1cnc2c(=O)[nH]c(NC(c3ccccc3)(c3ccccc3)c3ccc(OC)cc3)nc21. The molecule has 5 aromatic rings. The summed E-state index contributed by atoms with van der Waals surface area (Å²) < 4.78 is 13.2. The van der Waals surface area contributed by atoms with Crippen molar-refractivity contribution in [3.63, 3.8) is 0 Å². The Bertz CT molecular complexity index is 1800. The van der Waals surface area contributed by atoms with Crippen LogP contribution in [0.1, 0.15) is 22.9 Å². The van der Waals surface area contributed by atoms with Gasteiger partial charge in [0.25, 0.3) is 5.56 Å². The molecule has 3 heterocycles. The van der Waals surface area contributed by atoms with Crippen molar-refractivity contribution in [2.24, 2.45) is 0 Å². The number of anilines is 1. The predicted molar refractivity (Wildman–Crippen MR) is 170 cm³/mol. The van der Waals surface area contributed by atoms with Crippen LogP contribution in [-0.4, -0.2) is 59.1 Å². The molecule has 10 nitrogen and oxygen atoms in total. The number of nitrogens with zero attached hydrogens (tertiary/aromatic N) is 3. The molecule has 0 radical (unpaired) electrons. The molecule has 4 N–H and O–H groups in total. The first-order valence-electron chi connectivity index (χ1n) is 13.5. The van der Waals surface area contributed by atoms with Crippen molar-refractivity contribution in [2.45, 2.75) is 29.6 Å². The standard InChI is InChI=1S/C32H28IN5O5/c1-3-31(41)26(39)24(18-33)43-29(31)38-19-34-25-27(38)35-30(36-28(25)40)37-32(20-10-6-4-7-11-20,21-12-8-5-9-13-21)22-14-16-23(42-2)17-15-22/h1,4-17,19,24,26,29,39,41H,18H2,2H3,(H2,35,36,37,40)/t24-,26-,29-,31-/m1/s1. The third-order valence-electron chi connectivity index (χ3n) is 7.79. The zero-order valence-corrected chi connectivity index (χ0v) is 25.2. The molecule has 1 fully saturated rings. The third-order valence-corrected chi connectivity index (χ3v) is 8.66. The number of aliphatic hydroxyl groups excluding tert-OH is 1. The minimum Gasteiger partial charge on any atom is -0.497 e. The molecule has 0 unspecified atom stereocenters. The van der Waals surface area contributed by atoms with Crippen molar-refractivity contribution in [3.8, 4) is 18.1 Å². The Balaban J connectivity index is 1.56. The van der Waals surface area contributed by atoms with E-state index in [1.54, 1.807) is 7.11 Å². The monoisotopic (exact) mass is 689 g/mol. The summed E-state index contributed by atoms with van der Waals surface area (Å²) in [7, 11) is 1.61. The quantitative estimate of drug-likeness (QED) is 0.0842. The Morgan fingerprint density at radius 1 is 1.09 bits per heavy atom. The number of rotatable bonds is 8. The molecular formula is C32H28IN5O5. The van der Waals surface area contributed by atoms with Gasteiger partial charge in [-0.3, -0.25) is 14.3 Å². The van der Waals surface area contributed by atoms with Crippen molar-refractivity contribution in [3.05, 3.63) is 118 Å². The lowest BCUT2D eigenvalue weighted by molar-refractivity contribution is -0.0669. The van der Waals surface area contributed by atoms with Crippen LogP contribution in [0.15, 0.2) is 96.1 Å². The fraction of sp³-hybridized carbons (Fsp3) is 0.219. The van der Waals surface area contributed by atoms with E-state index in [1.165, 1.54) is 10.9 Å². The zero-order valence-electron chi connectivity index (χ0n) is 23.0. The van der Waals surface area contributed by atoms with E-state index in [0.29, 0.717) is 10.2 Å². The Labute approximate surface area is 260 Å². The first-order valence-corrected chi connectivity index (χ1v) is 15.0. The summed E-state index contributed by atoms with van der Waals surface area (Å²) in [5, 5.41) is 25.6. The maximum Gasteiger partial charge on any atom is 0.280 e. The lowest BCUT2D eigenvalue weighted by Crippen LogP contribution is -2.45. The Morgan fingerprint density at radius 2 is 1.70 bits per heavy atom. The van der Waals surface area contributed by atoms with E-state index in [-0.39, 0.29) is 17.1 Å². The number of hydrogen-bond donors (Lipinski definition) is 4. The number of methoxy groups -OCH3 is 1. The summed E-state index contributed by atoms with van der Waals surface area (Å²) in [6, 6.07) is 27.3. The van der Waals surface area contributed by atoms with Crippen LogP contribution < -0.4 is 15.6 Å². The van der Waals surface area contributed by atoms with Crippen LogP contribution in [0.4, 0.5) is 5.95 Å². The van der Waals surface area contributed by atoms with Crippen molar-refractivity contribution in [1.29, 1.82) is 0 Å². The van der Waals surface area contributed by atoms with Crippen LogP contribution in [0.3, 0.4) is 0 Å². The van der Waals surface area contributed by atoms with Gasteiger partial charge in [0, 0.05) is 4.43 Å². The van der Waals surface area contributed by atoms with Crippen LogP contribution >= 0.6 is 22.6 Å². The van der Waals surface area contributed by atoms with Gasteiger partial charge in [-0.1, -0.05) is 101 Å². The van der Waals surface area contributed by atoms with Gasteiger partial charge in [-0.15, -0.1) is 6.42 Å². The van der Waals surface area contributed by atoms with Gasteiger partial charge in [-0.05, 0) is 28.8 Å². The Hall–Kier alpha value is -4.22. The molecular weight excluding hydrogens is 661 g/mol. The number of nitrogens with one attached hydrogen (secondary N) is 2. The fourth-order valence-corrected chi connectivity index (χ4v) is 6.29. The van der Waals surface area contributed by atoms with E-state index in [2.05, 4.69) is 43.8 Å². The van der Waals surface area contributed by atoms with E-state index in [9.17, 15) is 15.0 Å². The number of terminal acetylenes is 1. The second-order valence-corrected chi connectivity index (χ2v) is 11.1. The van der Waals surface area contributed by atoms with Crippen LogP contribution in [-0.2, 0) is 10.3 Å². The van der Waals surface area contributed by atoms with Gasteiger partial charge in [0.1, 0.15) is 17.4 Å². The highest BCUT2D eigenvalue weighted by molar-refractivity contribution is 14.1. The van der Waals surface area contributed by atoms with Crippen LogP contribution in [0.25, 0.3) is 11.2 Å². The first kappa shape index (κ1) is 28.9. The summed E-state index contributed by atoms with van der Waals surface area (Å²) in [6.07, 6.45) is 3.70. The van der Waals surface area contributed by atoms with Crippen molar-refractivity contribution in [2.75, 3.05) is 16.9 Å². The molecule has 1 saturated heterocycles. The largest absolute Gasteiger partial charge is 0.497 e. The van der Waals surface area contributed by atoms with Gasteiger partial charge in [0.05, 0.1) is 19.5 Å². The van der Waals surface area contributed by atoms with Crippen LogP contribution in [0.5, 0.6) is 5.75 Å². The number of aromatic amines is 1. The number of halogens is 1. The van der Waals surface area contributed by atoms with Gasteiger partial charge in [-0.2, -0.15) is 4.98 Å². The molecule has 0 saturated carbocycles. The molecule has 0 amide bonds. The third kappa shape index (κ3) is 4.76. The van der Waals surface area contributed by atoms with Crippen LogP contribution in [0, 0.1) is 12.3 Å². The number of ether oxygens (including phenoxy) is 2. The van der Waals surface area contributed by atoms with Crippen molar-refractivity contribution < 1.29 is 19.7 Å². The highest BCUT2D eigenvalue weighted by Gasteiger charge is 2.55. The number of benzene rings is 3. The average molecular weight is 690 g/mol. The lowest BCUT2D eigenvalue weighted by atomic mass is 9.77. The van der Waals surface area contributed by atoms with Crippen LogP contribution in [0.2, 0.25) is 0 Å². The number of aliphatic hydroxyl groups is 2. The number of H-pyrrole nitrogens is 1. The van der Waals surface area contributed by atoms with E-state index in [4.69, 9.17) is 20.9 Å². The highest BCUT2D eigenvalue weighted by Crippen LogP contribution is 2.42. The molecule has 11 heteroatoms. The number of aromatic nitrogens is 4. The minimum atomic E-state index is -2.07. The normalized spacial score (nSPS) is 21.9. The summed E-state index contributed by atoms with van der Waals surface area (Å²) in [6.45, 7) is 0. The second kappa shape index (κ2) is 11.5. The fourth-order valence-electron chi connectivity index (χ4n) is 5.60. The van der Waals surface area contributed by atoms with E-state index < -0.39 is 35.1 Å². The molecule has 2 aromatic heterocycles. The van der Waals surface area contributed by atoms with E-state index in [1.807, 2.05) is 84.9 Å². The predicted octanol–water partition coefficient (Wildman–Crippen LogP) is 3.59. The smallest absolute Gasteiger partial charge is 0.280 e. The molecule has 218 valence electrons. The van der Waals surface area contributed by atoms with Gasteiger partial charge in [0.15, 0.2) is 23.0 Å². The number of fused-ring (bicyclic) bond motifs is 1. The molecule has 0 spiro atoms. The summed E-state index contributed by atoms with van der Waals surface area (Å²) in [5.74, 6) is 3.12. The van der Waals surface area contributed by atoms with E-state index >= 15 is 0 Å². The van der Waals surface area contributed by atoms with Crippen molar-refractivity contribution >= 4 is 39.7 Å². The lowest BCUT2D eigenvalue weighted by Gasteiger charge is -2.37. The van der Waals surface area contributed by atoms with Gasteiger partial charge < -0.3 is 25.0 Å².